The molecule has 0 bridgehead atoms. The Balaban J connectivity index is 0.961. The molecule has 0 aliphatic carbocycles. The van der Waals surface area contributed by atoms with Crippen LogP contribution in [0.5, 0.6) is 5.75 Å². The number of aliphatic hydroxyl groups is 1. The van der Waals surface area contributed by atoms with E-state index in [0.29, 0.717) is 17.8 Å². The maximum atomic E-state index is 14.3. The number of β-amino-alcohol motifs (C(OH)–C–C–N with tert-alkyl or cyclic N) is 1. The van der Waals surface area contributed by atoms with E-state index < -0.39 is 23.6 Å². The van der Waals surface area contributed by atoms with Crippen LogP contribution in [0.3, 0.4) is 0 Å². The average Bonchev–Trinajstić information content (AvgIpc) is 3.85. The highest BCUT2D eigenvalue weighted by Gasteiger charge is 2.45. The number of para-hydroxylation sites is 1. The Kier molecular flexibility index (Phi) is 12.6. The first-order valence-corrected chi connectivity index (χ1v) is 21.2. The first-order chi connectivity index (χ1) is 28.2. The molecule has 5 aromatic rings. The number of aromatic nitrogens is 3. The molecule has 59 heavy (non-hydrogen) atoms. The van der Waals surface area contributed by atoms with Crippen molar-refractivity contribution in [3.63, 3.8) is 0 Å². The molecule has 5 atom stereocenters. The van der Waals surface area contributed by atoms with Crippen LogP contribution in [0.2, 0.25) is 0 Å². The zero-order chi connectivity index (χ0) is 41.8. The van der Waals surface area contributed by atoms with Gasteiger partial charge in [0, 0.05) is 30.6 Å². The monoisotopic (exact) mass is 815 g/mol. The van der Waals surface area contributed by atoms with Gasteiger partial charge in [-0.25, -0.2) is 4.98 Å². The summed E-state index contributed by atoms with van der Waals surface area (Å²) in [7, 11) is 0. The first kappa shape index (κ1) is 41.7. The van der Waals surface area contributed by atoms with Crippen molar-refractivity contribution >= 4 is 29.1 Å². The predicted octanol–water partition coefficient (Wildman–Crippen LogP) is 6.50. The molecule has 4 heterocycles. The Morgan fingerprint density at radius 1 is 0.949 bits per heavy atom. The van der Waals surface area contributed by atoms with E-state index in [4.69, 9.17) is 0 Å². The molecule has 308 valence electrons. The van der Waals surface area contributed by atoms with Gasteiger partial charge in [-0.05, 0) is 85.0 Å². The molecule has 2 aliphatic heterocycles. The number of phenols is 1. The number of likely N-dealkylation sites (tertiary alicyclic amines) is 2. The first-order valence-electron chi connectivity index (χ1n) is 20.3. The Morgan fingerprint density at radius 2 is 1.68 bits per heavy atom. The number of nitrogens with zero attached hydrogens (tertiary/aromatic N) is 5. The molecule has 0 spiro atoms. The number of amides is 3. The molecular weight excluding hydrogens is 763 g/mol. The number of hydrogen-bond acceptors (Lipinski definition) is 10. The third-order valence-corrected chi connectivity index (χ3v) is 12.5. The van der Waals surface area contributed by atoms with E-state index in [1.165, 1.54) is 10.5 Å². The topological polar surface area (TPSA) is 161 Å². The van der Waals surface area contributed by atoms with Crippen molar-refractivity contribution in [3.8, 4) is 38.6 Å². The number of carbonyl (C=O) groups excluding carboxylic acids is 3. The molecule has 4 N–H and O–H groups in total. The second-order valence-electron chi connectivity index (χ2n) is 16.9. The Bertz CT molecular complexity index is 2270. The van der Waals surface area contributed by atoms with E-state index in [9.17, 15) is 24.6 Å². The van der Waals surface area contributed by atoms with Gasteiger partial charge in [0.05, 0.1) is 46.7 Å². The van der Waals surface area contributed by atoms with E-state index in [1.807, 2.05) is 82.6 Å². The third kappa shape index (κ3) is 9.70. The molecular formula is C46H53N7O5S. The molecule has 3 aromatic carbocycles. The average molecular weight is 816 g/mol. The Morgan fingerprint density at radius 3 is 2.37 bits per heavy atom. The zero-order valence-corrected chi connectivity index (χ0v) is 35.1. The lowest BCUT2D eigenvalue weighted by atomic mass is 9.85. The quantitative estimate of drug-likeness (QED) is 0.117. The maximum absolute atomic E-state index is 14.3. The van der Waals surface area contributed by atoms with Crippen LogP contribution in [0.1, 0.15) is 75.7 Å². The summed E-state index contributed by atoms with van der Waals surface area (Å²) in [5.41, 5.74) is 8.38. The van der Waals surface area contributed by atoms with Crippen LogP contribution in [0.15, 0.2) is 90.6 Å². The minimum absolute atomic E-state index is 0.0126. The van der Waals surface area contributed by atoms with Gasteiger partial charge in [-0.1, -0.05) is 81.4 Å². The number of carbonyl (C=O) groups is 3. The lowest BCUT2D eigenvalue weighted by Gasteiger charge is -2.37. The van der Waals surface area contributed by atoms with Crippen LogP contribution in [0.25, 0.3) is 32.8 Å². The fraction of sp³-hybridized carbons (Fsp3) is 0.391. The number of aliphatic hydroxyl groups excluding tert-OH is 1. The second-order valence-corrected chi connectivity index (χ2v) is 17.8. The zero-order valence-electron chi connectivity index (χ0n) is 34.3. The van der Waals surface area contributed by atoms with Gasteiger partial charge in [0.15, 0.2) is 0 Å². The van der Waals surface area contributed by atoms with Crippen LogP contribution in [-0.2, 0) is 14.4 Å². The molecule has 7 rings (SSSR count). The lowest BCUT2D eigenvalue weighted by molar-refractivity contribution is -0.144. The lowest BCUT2D eigenvalue weighted by Crippen LogP contribution is -2.59. The standard InChI is InChI=1S/C46H53N7O5S/c1-28(30-12-18-33(19-13-30)42-29(2)47-27-59-42)49-44(57)39-22-36(54)25-53(39)45(58)43(46(3,4)5)50-41(56)26-52-20-8-9-34(24-52)31-14-16-32(17-15-31)35-21-38(51-48-23-35)37-10-6-7-11-40(37)55/h6-7,10-19,21,23,27-28,34,36,39,43,54-55H,8-9,20,22,24-26H2,1-5H3,(H,49,57)(H,50,56)/t28-,34?,36+,39-,43+/m0/s1. The smallest absolute Gasteiger partial charge is 0.246 e. The summed E-state index contributed by atoms with van der Waals surface area (Å²) in [6, 6.07) is 23.2. The number of aromatic hydroxyl groups is 1. The van der Waals surface area contributed by atoms with Crippen LogP contribution in [-0.4, -0.2) is 97.3 Å². The summed E-state index contributed by atoms with van der Waals surface area (Å²) in [5.74, 6) is -0.603. The molecule has 2 aliphatic rings. The summed E-state index contributed by atoms with van der Waals surface area (Å²) in [5, 5.41) is 35.5. The molecule has 12 nitrogen and oxygen atoms in total. The van der Waals surface area contributed by atoms with Crippen molar-refractivity contribution in [1.82, 2.24) is 35.6 Å². The van der Waals surface area contributed by atoms with Gasteiger partial charge in [0.1, 0.15) is 17.8 Å². The van der Waals surface area contributed by atoms with E-state index in [1.54, 1.807) is 29.7 Å². The van der Waals surface area contributed by atoms with E-state index in [-0.39, 0.29) is 54.9 Å². The Hall–Kier alpha value is -5.50. The highest BCUT2D eigenvalue weighted by atomic mass is 32.1. The van der Waals surface area contributed by atoms with Crippen molar-refractivity contribution in [2.45, 2.75) is 84.0 Å². The van der Waals surface area contributed by atoms with E-state index in [2.05, 4.69) is 55.0 Å². The number of nitrogens with one attached hydrogen (secondary N) is 2. The number of hydrogen-bond donors (Lipinski definition) is 4. The summed E-state index contributed by atoms with van der Waals surface area (Å²) in [6.07, 6.45) is 2.89. The van der Waals surface area contributed by atoms with Crippen molar-refractivity contribution in [2.24, 2.45) is 5.41 Å². The molecule has 0 radical (unpaired) electrons. The van der Waals surface area contributed by atoms with Crippen LogP contribution < -0.4 is 10.6 Å². The molecule has 13 heteroatoms. The number of benzene rings is 3. The molecule has 3 amide bonds. The number of phenolic OH excluding ortho intramolecular Hbond substituents is 1. The highest BCUT2D eigenvalue weighted by molar-refractivity contribution is 7.13. The van der Waals surface area contributed by atoms with Gasteiger partial charge in [-0.3, -0.25) is 19.3 Å². The molecule has 2 aromatic heterocycles. The minimum Gasteiger partial charge on any atom is -0.507 e. The maximum Gasteiger partial charge on any atom is 0.246 e. The van der Waals surface area contributed by atoms with Crippen LogP contribution in [0.4, 0.5) is 0 Å². The molecule has 0 saturated carbocycles. The summed E-state index contributed by atoms with van der Waals surface area (Å²) in [6.45, 7) is 11.2. The normalized spacial score (nSPS) is 19.6. The van der Waals surface area contributed by atoms with Crippen LogP contribution in [0, 0.1) is 12.3 Å². The molecule has 2 fully saturated rings. The summed E-state index contributed by atoms with van der Waals surface area (Å²) >= 11 is 1.58. The van der Waals surface area contributed by atoms with E-state index >= 15 is 0 Å². The fourth-order valence-electron chi connectivity index (χ4n) is 8.19. The molecule has 1 unspecified atom stereocenters. The third-order valence-electron chi connectivity index (χ3n) is 11.5. The van der Waals surface area contributed by atoms with Crippen molar-refractivity contribution < 1.29 is 24.6 Å². The second kappa shape index (κ2) is 17.8. The van der Waals surface area contributed by atoms with Gasteiger partial charge in [0.2, 0.25) is 17.7 Å². The van der Waals surface area contributed by atoms with Gasteiger partial charge >= 0.3 is 0 Å². The summed E-state index contributed by atoms with van der Waals surface area (Å²) < 4.78 is 0. The van der Waals surface area contributed by atoms with Crippen molar-refractivity contribution in [2.75, 3.05) is 26.2 Å². The number of rotatable bonds is 11. The molecule has 2 saturated heterocycles. The number of piperidine rings is 1. The fourth-order valence-corrected chi connectivity index (χ4v) is 9.00. The van der Waals surface area contributed by atoms with Gasteiger partial charge in [-0.2, -0.15) is 10.2 Å². The highest BCUT2D eigenvalue weighted by Crippen LogP contribution is 2.33. The summed E-state index contributed by atoms with van der Waals surface area (Å²) in [4.78, 5) is 50.7. The van der Waals surface area contributed by atoms with E-state index in [0.717, 1.165) is 52.2 Å². The number of thiazole rings is 1. The SMILES string of the molecule is Cc1ncsc1-c1ccc([C@H](C)NC(=O)[C@@H]2C[C@@H](O)CN2C(=O)[C@@H](NC(=O)CN2CCCC(c3ccc(-c4cnnc(-c5ccccc5O)c4)cc3)C2)C(C)(C)C)cc1. The van der Waals surface area contributed by atoms with Gasteiger partial charge in [0.25, 0.3) is 0 Å². The predicted molar refractivity (Wildman–Crippen MR) is 229 cm³/mol. The van der Waals surface area contributed by atoms with Gasteiger partial charge in [-0.15, -0.1) is 11.3 Å². The van der Waals surface area contributed by atoms with Crippen LogP contribution >= 0.6 is 11.3 Å². The Labute approximate surface area is 349 Å². The van der Waals surface area contributed by atoms with Crippen molar-refractivity contribution in [3.05, 3.63) is 107 Å². The van der Waals surface area contributed by atoms with Crippen molar-refractivity contribution in [1.29, 1.82) is 0 Å². The van der Waals surface area contributed by atoms with Gasteiger partial charge < -0.3 is 25.7 Å². The largest absolute Gasteiger partial charge is 0.507 e. The number of aryl methyl sites for hydroxylation is 1. The minimum atomic E-state index is -0.905.